The van der Waals surface area contributed by atoms with Crippen molar-refractivity contribution in [2.75, 3.05) is 6.54 Å². The molecule has 0 unspecified atom stereocenters. The van der Waals surface area contributed by atoms with Gasteiger partial charge in [-0.1, -0.05) is 31.2 Å². The summed E-state index contributed by atoms with van der Waals surface area (Å²) in [7, 11) is 0. The molecule has 2 nitrogen and oxygen atoms in total. The van der Waals surface area contributed by atoms with E-state index in [4.69, 9.17) is 0 Å². The van der Waals surface area contributed by atoms with Crippen LogP contribution in [0, 0.1) is 6.92 Å². The van der Waals surface area contributed by atoms with Crippen LogP contribution in [0.5, 0.6) is 0 Å². The van der Waals surface area contributed by atoms with E-state index in [0.717, 1.165) is 18.5 Å². The van der Waals surface area contributed by atoms with Gasteiger partial charge in [0.25, 0.3) is 0 Å². The first-order valence-corrected chi connectivity index (χ1v) is 5.25. The Morgan fingerprint density at radius 2 is 2.13 bits per heavy atom. The minimum atomic E-state index is -0.0277. The quantitative estimate of drug-likeness (QED) is 0.748. The molecule has 1 rings (SSSR count). The summed E-state index contributed by atoms with van der Waals surface area (Å²) in [5.74, 6) is -0.0277. The maximum atomic E-state index is 11.3. The third-order valence-electron chi connectivity index (χ3n) is 2.15. The summed E-state index contributed by atoms with van der Waals surface area (Å²) in [6.45, 7) is 4.80. The summed E-state index contributed by atoms with van der Waals surface area (Å²) in [6, 6.07) is 7.99. The van der Waals surface area contributed by atoms with Gasteiger partial charge < -0.3 is 5.32 Å². The lowest BCUT2D eigenvalue weighted by Crippen LogP contribution is -2.21. The molecule has 1 aromatic carbocycles. The summed E-state index contributed by atoms with van der Waals surface area (Å²) in [4.78, 5) is 11.3. The summed E-state index contributed by atoms with van der Waals surface area (Å²) in [6.07, 6.45) is 4.39. The van der Waals surface area contributed by atoms with Crippen molar-refractivity contribution in [1.82, 2.24) is 5.32 Å². The number of amides is 1. The topological polar surface area (TPSA) is 29.1 Å². The number of aryl methyl sites for hydroxylation is 1. The zero-order chi connectivity index (χ0) is 11.1. The van der Waals surface area contributed by atoms with Crippen molar-refractivity contribution in [3.05, 3.63) is 41.5 Å². The van der Waals surface area contributed by atoms with Crippen LogP contribution in [-0.2, 0) is 4.79 Å². The lowest BCUT2D eigenvalue weighted by molar-refractivity contribution is -0.116. The van der Waals surface area contributed by atoms with Crippen molar-refractivity contribution in [3.63, 3.8) is 0 Å². The van der Waals surface area contributed by atoms with E-state index in [1.54, 1.807) is 6.08 Å². The molecular formula is C13H17NO. The van der Waals surface area contributed by atoms with Gasteiger partial charge in [-0.15, -0.1) is 0 Å². The number of rotatable bonds is 4. The number of hydrogen-bond acceptors (Lipinski definition) is 1. The Labute approximate surface area is 91.0 Å². The van der Waals surface area contributed by atoms with Crippen LogP contribution in [0.15, 0.2) is 30.3 Å². The Bertz CT molecular complexity index is 355. The highest BCUT2D eigenvalue weighted by Crippen LogP contribution is 2.08. The van der Waals surface area contributed by atoms with Crippen molar-refractivity contribution in [1.29, 1.82) is 0 Å². The minimum Gasteiger partial charge on any atom is -0.353 e. The Morgan fingerprint density at radius 1 is 1.40 bits per heavy atom. The predicted octanol–water partition coefficient (Wildman–Crippen LogP) is 2.53. The van der Waals surface area contributed by atoms with E-state index in [1.807, 2.05) is 44.2 Å². The standard InChI is InChI=1S/C13H17NO/c1-3-10-14-13(15)9-8-12-7-5-4-6-11(12)2/h4-9H,3,10H2,1-2H3,(H,14,15)/b9-8-. The highest BCUT2D eigenvalue weighted by atomic mass is 16.1. The van der Waals surface area contributed by atoms with Gasteiger partial charge in [-0.3, -0.25) is 4.79 Å². The largest absolute Gasteiger partial charge is 0.353 e. The van der Waals surface area contributed by atoms with Crippen LogP contribution in [0.1, 0.15) is 24.5 Å². The van der Waals surface area contributed by atoms with Gasteiger partial charge in [-0.05, 0) is 30.5 Å². The Kier molecular flexibility index (Phi) is 4.61. The molecule has 0 fully saturated rings. The fraction of sp³-hybridized carbons (Fsp3) is 0.308. The van der Waals surface area contributed by atoms with Gasteiger partial charge in [-0.2, -0.15) is 0 Å². The van der Waals surface area contributed by atoms with Crippen LogP contribution in [0.4, 0.5) is 0 Å². The second-order valence-corrected chi connectivity index (χ2v) is 3.48. The minimum absolute atomic E-state index is 0.0277. The Morgan fingerprint density at radius 3 is 2.80 bits per heavy atom. The molecule has 0 bridgehead atoms. The van der Waals surface area contributed by atoms with Crippen LogP contribution < -0.4 is 5.32 Å². The number of nitrogens with one attached hydrogen (secondary N) is 1. The Hall–Kier alpha value is -1.57. The van der Waals surface area contributed by atoms with E-state index in [9.17, 15) is 4.79 Å². The van der Waals surface area contributed by atoms with E-state index < -0.39 is 0 Å². The highest BCUT2D eigenvalue weighted by Gasteiger charge is 1.94. The second kappa shape index (κ2) is 6.02. The molecular weight excluding hydrogens is 186 g/mol. The summed E-state index contributed by atoms with van der Waals surface area (Å²) >= 11 is 0. The first-order valence-electron chi connectivity index (χ1n) is 5.25. The zero-order valence-electron chi connectivity index (χ0n) is 9.29. The molecule has 1 amide bonds. The van der Waals surface area contributed by atoms with Crippen molar-refractivity contribution in [2.24, 2.45) is 0 Å². The molecule has 0 aromatic heterocycles. The molecule has 0 aliphatic rings. The van der Waals surface area contributed by atoms with Gasteiger partial charge in [0.05, 0.1) is 0 Å². The summed E-state index contributed by atoms with van der Waals surface area (Å²) in [5.41, 5.74) is 2.26. The van der Waals surface area contributed by atoms with Crippen LogP contribution in [0.3, 0.4) is 0 Å². The van der Waals surface area contributed by atoms with Gasteiger partial charge in [0.2, 0.25) is 5.91 Å². The fourth-order valence-electron chi connectivity index (χ4n) is 1.25. The monoisotopic (exact) mass is 203 g/mol. The molecule has 0 spiro atoms. The van der Waals surface area contributed by atoms with E-state index >= 15 is 0 Å². The molecule has 0 radical (unpaired) electrons. The molecule has 80 valence electrons. The number of carbonyl (C=O) groups excluding carboxylic acids is 1. The molecule has 2 heteroatoms. The average Bonchev–Trinajstić information content (AvgIpc) is 2.25. The molecule has 0 saturated heterocycles. The van der Waals surface area contributed by atoms with Crippen molar-refractivity contribution >= 4 is 12.0 Å². The van der Waals surface area contributed by atoms with Gasteiger partial charge in [-0.25, -0.2) is 0 Å². The first kappa shape index (κ1) is 11.5. The lowest BCUT2D eigenvalue weighted by atomic mass is 10.1. The fourth-order valence-corrected chi connectivity index (χ4v) is 1.25. The lowest BCUT2D eigenvalue weighted by Gasteiger charge is -1.99. The molecule has 1 N–H and O–H groups in total. The number of carbonyl (C=O) groups is 1. The number of benzene rings is 1. The van der Waals surface area contributed by atoms with Gasteiger partial charge in [0.15, 0.2) is 0 Å². The van der Waals surface area contributed by atoms with Crippen LogP contribution in [0.25, 0.3) is 6.08 Å². The molecule has 0 aliphatic heterocycles. The smallest absolute Gasteiger partial charge is 0.243 e. The SMILES string of the molecule is CCCNC(=O)/C=C\c1ccccc1C. The van der Waals surface area contributed by atoms with Crippen molar-refractivity contribution in [2.45, 2.75) is 20.3 Å². The summed E-state index contributed by atoms with van der Waals surface area (Å²) < 4.78 is 0. The highest BCUT2D eigenvalue weighted by molar-refractivity contribution is 5.91. The van der Waals surface area contributed by atoms with Gasteiger partial charge in [0, 0.05) is 12.6 Å². The summed E-state index contributed by atoms with van der Waals surface area (Å²) in [5, 5.41) is 2.80. The van der Waals surface area contributed by atoms with E-state index in [-0.39, 0.29) is 5.91 Å². The maximum Gasteiger partial charge on any atom is 0.243 e. The van der Waals surface area contributed by atoms with Gasteiger partial charge in [0.1, 0.15) is 0 Å². The van der Waals surface area contributed by atoms with Crippen molar-refractivity contribution in [3.8, 4) is 0 Å². The average molecular weight is 203 g/mol. The van der Waals surface area contributed by atoms with Crippen LogP contribution >= 0.6 is 0 Å². The van der Waals surface area contributed by atoms with E-state index in [1.165, 1.54) is 5.56 Å². The molecule has 15 heavy (non-hydrogen) atoms. The molecule has 0 aliphatic carbocycles. The first-order chi connectivity index (χ1) is 7.24. The second-order valence-electron chi connectivity index (χ2n) is 3.48. The van der Waals surface area contributed by atoms with E-state index in [2.05, 4.69) is 5.32 Å². The van der Waals surface area contributed by atoms with Crippen LogP contribution in [-0.4, -0.2) is 12.5 Å². The molecule has 0 heterocycles. The normalized spacial score (nSPS) is 10.5. The molecule has 1 aromatic rings. The Balaban J connectivity index is 2.58. The predicted molar refractivity (Wildman–Crippen MR) is 63.5 cm³/mol. The molecule has 0 atom stereocenters. The van der Waals surface area contributed by atoms with E-state index in [0.29, 0.717) is 0 Å². The maximum absolute atomic E-state index is 11.3. The van der Waals surface area contributed by atoms with Gasteiger partial charge >= 0.3 is 0 Å². The molecule has 0 saturated carbocycles. The zero-order valence-corrected chi connectivity index (χ0v) is 9.29. The number of hydrogen-bond donors (Lipinski definition) is 1. The third kappa shape index (κ3) is 3.98. The van der Waals surface area contributed by atoms with Crippen LogP contribution in [0.2, 0.25) is 0 Å². The van der Waals surface area contributed by atoms with Crippen molar-refractivity contribution < 1.29 is 4.79 Å². The third-order valence-corrected chi connectivity index (χ3v) is 2.15.